The van der Waals surface area contributed by atoms with Gasteiger partial charge in [0.05, 0.1) is 0 Å². The van der Waals surface area contributed by atoms with E-state index >= 15 is 0 Å². The predicted molar refractivity (Wildman–Crippen MR) is 80.1 cm³/mol. The van der Waals surface area contributed by atoms with E-state index in [1.54, 1.807) is 11.3 Å². The van der Waals surface area contributed by atoms with Crippen molar-refractivity contribution < 1.29 is 4.74 Å². The van der Waals surface area contributed by atoms with E-state index in [1.165, 1.54) is 10.4 Å². The first-order valence-corrected chi connectivity index (χ1v) is 7.51. The van der Waals surface area contributed by atoms with Crippen molar-refractivity contribution in [1.29, 1.82) is 0 Å². The molecule has 1 aromatic heterocycles. The molecule has 1 heterocycles. The minimum Gasteiger partial charge on any atom is -0.488 e. The Morgan fingerprint density at radius 2 is 2.22 bits per heavy atom. The van der Waals surface area contributed by atoms with Crippen LogP contribution in [0.1, 0.15) is 17.4 Å². The van der Waals surface area contributed by atoms with Gasteiger partial charge < -0.3 is 10.5 Å². The first-order valence-electron chi connectivity index (χ1n) is 5.84. The predicted octanol–water partition coefficient (Wildman–Crippen LogP) is 3.98. The van der Waals surface area contributed by atoms with Crippen LogP contribution in [0.5, 0.6) is 5.75 Å². The summed E-state index contributed by atoms with van der Waals surface area (Å²) in [5.41, 5.74) is 7.02. The lowest BCUT2D eigenvalue weighted by Crippen LogP contribution is -2.17. The summed E-state index contributed by atoms with van der Waals surface area (Å²) in [5.74, 6) is 0.901. The maximum Gasteiger partial charge on any atom is 0.122 e. The number of halogens is 1. The second-order valence-electron chi connectivity index (χ2n) is 4.35. The normalized spacial score (nSPS) is 12.4. The molecule has 0 fully saturated rings. The Morgan fingerprint density at radius 3 is 2.89 bits per heavy atom. The van der Waals surface area contributed by atoms with Crippen molar-refractivity contribution in [3.05, 3.63) is 50.6 Å². The number of nitrogens with two attached hydrogens (primary N) is 1. The number of hydrogen-bond acceptors (Lipinski definition) is 3. The van der Waals surface area contributed by atoms with E-state index in [1.807, 2.05) is 19.1 Å². The highest BCUT2D eigenvalue weighted by molar-refractivity contribution is 9.10. The fourth-order valence-electron chi connectivity index (χ4n) is 1.72. The van der Waals surface area contributed by atoms with Crippen LogP contribution in [-0.2, 0) is 13.0 Å². The molecular weight excluding hydrogens is 310 g/mol. The molecule has 4 heteroatoms. The molecule has 0 saturated carbocycles. The summed E-state index contributed by atoms with van der Waals surface area (Å²) in [6.07, 6.45) is 0.877. The molecule has 2 aromatic rings. The van der Waals surface area contributed by atoms with E-state index < -0.39 is 0 Å². The van der Waals surface area contributed by atoms with Gasteiger partial charge in [0.25, 0.3) is 0 Å². The third kappa shape index (κ3) is 4.12. The molecule has 0 saturated heterocycles. The number of hydrogen-bond donors (Lipinski definition) is 1. The van der Waals surface area contributed by atoms with Crippen LogP contribution in [-0.4, -0.2) is 6.04 Å². The molecule has 0 aliphatic carbocycles. The molecule has 0 aliphatic rings. The van der Waals surface area contributed by atoms with Gasteiger partial charge in [0.15, 0.2) is 0 Å². The van der Waals surface area contributed by atoms with E-state index in [0.29, 0.717) is 6.61 Å². The van der Waals surface area contributed by atoms with Crippen molar-refractivity contribution in [2.75, 3.05) is 0 Å². The molecule has 96 valence electrons. The van der Waals surface area contributed by atoms with Gasteiger partial charge in [-0.2, -0.15) is 0 Å². The molecule has 18 heavy (non-hydrogen) atoms. The zero-order chi connectivity index (χ0) is 13.0. The lowest BCUT2D eigenvalue weighted by atomic mass is 10.1. The molecule has 0 radical (unpaired) electrons. The Labute approximate surface area is 120 Å². The highest BCUT2D eigenvalue weighted by Gasteiger charge is 2.02. The molecule has 0 aliphatic heterocycles. The molecule has 2 nitrogen and oxygen atoms in total. The first-order chi connectivity index (χ1) is 8.63. The number of benzene rings is 1. The summed E-state index contributed by atoms with van der Waals surface area (Å²) in [7, 11) is 0. The van der Waals surface area contributed by atoms with Gasteiger partial charge >= 0.3 is 0 Å². The number of thiophene rings is 1. The molecule has 1 aromatic carbocycles. The lowest BCUT2D eigenvalue weighted by molar-refractivity contribution is 0.309. The van der Waals surface area contributed by atoms with Crippen molar-refractivity contribution in [1.82, 2.24) is 0 Å². The Morgan fingerprint density at radius 1 is 1.39 bits per heavy atom. The van der Waals surface area contributed by atoms with Crippen molar-refractivity contribution in [2.24, 2.45) is 5.73 Å². The zero-order valence-corrected chi connectivity index (χ0v) is 12.6. The Bertz CT molecular complexity index is 510. The molecule has 0 spiro atoms. The maximum atomic E-state index is 5.80. The first kappa shape index (κ1) is 13.6. The van der Waals surface area contributed by atoms with Crippen molar-refractivity contribution in [2.45, 2.75) is 26.0 Å². The second kappa shape index (κ2) is 6.36. The average molecular weight is 326 g/mol. The standard InChI is InChI=1S/C14H16BrNOS/c1-10(16)5-11-3-2-4-13(6-11)17-8-14-7-12(15)9-18-14/h2-4,6-7,9-10H,5,8,16H2,1H3. The Hall–Kier alpha value is -0.840. The average Bonchev–Trinajstić information content (AvgIpc) is 2.72. The topological polar surface area (TPSA) is 35.2 Å². The fraction of sp³-hybridized carbons (Fsp3) is 0.286. The van der Waals surface area contributed by atoms with Gasteiger partial charge in [-0.25, -0.2) is 0 Å². The van der Waals surface area contributed by atoms with E-state index in [9.17, 15) is 0 Å². The van der Waals surface area contributed by atoms with E-state index in [4.69, 9.17) is 10.5 Å². The van der Waals surface area contributed by atoms with Gasteiger partial charge in [0, 0.05) is 20.8 Å². The van der Waals surface area contributed by atoms with E-state index in [0.717, 1.165) is 16.6 Å². The monoisotopic (exact) mass is 325 g/mol. The zero-order valence-electron chi connectivity index (χ0n) is 10.2. The second-order valence-corrected chi connectivity index (χ2v) is 6.26. The van der Waals surface area contributed by atoms with Crippen molar-refractivity contribution in [3.8, 4) is 5.75 Å². The van der Waals surface area contributed by atoms with Gasteiger partial charge in [-0.15, -0.1) is 11.3 Å². The van der Waals surface area contributed by atoms with Gasteiger partial charge in [-0.05, 0) is 53.0 Å². The summed E-state index contributed by atoms with van der Waals surface area (Å²) in [6.45, 7) is 2.62. The van der Waals surface area contributed by atoms with Crippen LogP contribution in [0.3, 0.4) is 0 Å². The molecule has 2 rings (SSSR count). The van der Waals surface area contributed by atoms with E-state index in [2.05, 4.69) is 39.5 Å². The summed E-state index contributed by atoms with van der Waals surface area (Å²) < 4.78 is 6.88. The SMILES string of the molecule is CC(N)Cc1cccc(OCc2cc(Br)cs2)c1. The highest BCUT2D eigenvalue weighted by Crippen LogP contribution is 2.22. The third-order valence-corrected chi connectivity index (χ3v) is 4.13. The van der Waals surface area contributed by atoms with Crippen molar-refractivity contribution in [3.63, 3.8) is 0 Å². The van der Waals surface area contributed by atoms with Crippen LogP contribution in [0.15, 0.2) is 40.2 Å². The minimum absolute atomic E-state index is 0.175. The smallest absolute Gasteiger partial charge is 0.122 e. The van der Waals surface area contributed by atoms with Gasteiger partial charge in [-0.1, -0.05) is 12.1 Å². The molecule has 2 N–H and O–H groups in total. The van der Waals surface area contributed by atoms with Crippen LogP contribution in [0.25, 0.3) is 0 Å². The quantitative estimate of drug-likeness (QED) is 0.902. The van der Waals surface area contributed by atoms with Crippen LogP contribution in [0.4, 0.5) is 0 Å². The number of ether oxygens (including phenoxy) is 1. The minimum atomic E-state index is 0.175. The molecule has 1 atom stereocenters. The van der Waals surface area contributed by atoms with Gasteiger partial charge in [-0.3, -0.25) is 0 Å². The van der Waals surface area contributed by atoms with Gasteiger partial charge in [0.2, 0.25) is 0 Å². The Balaban J connectivity index is 1.96. The largest absolute Gasteiger partial charge is 0.488 e. The van der Waals surface area contributed by atoms with Gasteiger partial charge in [0.1, 0.15) is 12.4 Å². The van der Waals surface area contributed by atoms with Crippen molar-refractivity contribution >= 4 is 27.3 Å². The molecule has 1 unspecified atom stereocenters. The summed E-state index contributed by atoms with van der Waals surface area (Å²) >= 11 is 5.13. The molecular formula is C14H16BrNOS. The number of rotatable bonds is 5. The highest BCUT2D eigenvalue weighted by atomic mass is 79.9. The van der Waals surface area contributed by atoms with E-state index in [-0.39, 0.29) is 6.04 Å². The molecule has 0 amide bonds. The Kier molecular flexibility index (Phi) is 4.80. The summed E-state index contributed by atoms with van der Waals surface area (Å²) in [6, 6.07) is 10.4. The van der Waals surface area contributed by atoms with Crippen LogP contribution in [0, 0.1) is 0 Å². The van der Waals surface area contributed by atoms with Crippen LogP contribution >= 0.6 is 27.3 Å². The fourth-order valence-corrected chi connectivity index (χ4v) is 3.08. The molecule has 0 bridgehead atoms. The van der Waals surface area contributed by atoms with Crippen LogP contribution < -0.4 is 10.5 Å². The summed E-state index contributed by atoms with van der Waals surface area (Å²) in [5, 5.41) is 2.06. The lowest BCUT2D eigenvalue weighted by Gasteiger charge is -2.08. The summed E-state index contributed by atoms with van der Waals surface area (Å²) in [4.78, 5) is 1.21. The maximum absolute atomic E-state index is 5.80. The third-order valence-electron chi connectivity index (χ3n) is 2.46. The van der Waals surface area contributed by atoms with Crippen LogP contribution in [0.2, 0.25) is 0 Å².